The lowest BCUT2D eigenvalue weighted by atomic mass is 9.86. The zero-order chi connectivity index (χ0) is 11.8. The highest BCUT2D eigenvalue weighted by Gasteiger charge is 2.27. The van der Waals surface area contributed by atoms with Crippen molar-refractivity contribution in [1.29, 1.82) is 0 Å². The molecule has 88 valence electrons. The van der Waals surface area contributed by atoms with Crippen molar-refractivity contribution in [3.05, 3.63) is 23.8 Å². The molecule has 1 nitrogen and oxygen atoms in total. The molecular weight excluding hydrogens is 216 g/mol. The van der Waals surface area contributed by atoms with E-state index in [0.717, 1.165) is 5.75 Å². The molecule has 0 heterocycles. The molecule has 0 N–H and O–H groups in total. The number of hydrogen-bond donors (Lipinski definition) is 0. The third-order valence-electron chi connectivity index (χ3n) is 2.81. The maximum absolute atomic E-state index is 5.97. The summed E-state index contributed by atoms with van der Waals surface area (Å²) in [5.41, 5.74) is 1.47. The Hall–Kier alpha value is -0.630. The highest BCUT2D eigenvalue weighted by molar-refractivity contribution is 7.98. The van der Waals surface area contributed by atoms with E-state index in [1.807, 2.05) is 0 Å². The third kappa shape index (κ3) is 2.73. The van der Waals surface area contributed by atoms with E-state index in [0.29, 0.717) is 6.10 Å². The van der Waals surface area contributed by atoms with E-state index in [1.54, 1.807) is 11.8 Å². The summed E-state index contributed by atoms with van der Waals surface area (Å²) in [7, 11) is 0. The second kappa shape index (κ2) is 4.33. The molecule has 0 radical (unpaired) electrons. The zero-order valence-corrected chi connectivity index (χ0v) is 11.4. The smallest absolute Gasteiger partial charge is 0.123 e. The number of rotatable bonds is 3. The Kier molecular flexibility index (Phi) is 3.20. The molecule has 1 aromatic rings. The average molecular weight is 236 g/mol. The van der Waals surface area contributed by atoms with Crippen LogP contribution in [0.5, 0.6) is 5.75 Å². The second-order valence-corrected chi connectivity index (χ2v) is 6.31. The first-order valence-corrected chi connectivity index (χ1v) is 7.08. The van der Waals surface area contributed by atoms with Gasteiger partial charge in [-0.15, -0.1) is 11.8 Å². The Balaban J connectivity index is 2.33. The van der Waals surface area contributed by atoms with Crippen molar-refractivity contribution in [2.45, 2.75) is 50.0 Å². The summed E-state index contributed by atoms with van der Waals surface area (Å²) in [6.45, 7) is 6.73. The predicted octanol–water partition coefficient (Wildman–Crippen LogP) is 4.25. The second-order valence-electron chi connectivity index (χ2n) is 5.43. The number of ether oxygens (including phenoxy) is 1. The maximum atomic E-state index is 5.97. The van der Waals surface area contributed by atoms with Crippen LogP contribution in [0.2, 0.25) is 0 Å². The highest BCUT2D eigenvalue weighted by Crippen LogP contribution is 2.37. The van der Waals surface area contributed by atoms with Gasteiger partial charge in [-0.25, -0.2) is 0 Å². The summed E-state index contributed by atoms with van der Waals surface area (Å²) in [6, 6.07) is 6.55. The molecule has 16 heavy (non-hydrogen) atoms. The van der Waals surface area contributed by atoms with Crippen molar-refractivity contribution in [3.8, 4) is 5.75 Å². The molecule has 1 fully saturated rings. The maximum Gasteiger partial charge on any atom is 0.123 e. The van der Waals surface area contributed by atoms with Gasteiger partial charge in [-0.05, 0) is 42.7 Å². The molecule has 2 heteroatoms. The standard InChI is InChI=1S/C14H20OS/c1-14(2,3)12-9-11(16-4)7-8-13(12)15-10-5-6-10/h7-10H,5-6H2,1-4H3. The molecule has 0 saturated heterocycles. The Labute approximate surface area is 103 Å². The Morgan fingerprint density at radius 3 is 2.44 bits per heavy atom. The fourth-order valence-corrected chi connectivity index (χ4v) is 2.13. The summed E-state index contributed by atoms with van der Waals surface area (Å²) in [5, 5.41) is 0. The summed E-state index contributed by atoms with van der Waals surface area (Å²) < 4.78 is 5.97. The topological polar surface area (TPSA) is 9.23 Å². The molecule has 0 atom stereocenters. The molecule has 1 aromatic carbocycles. The van der Waals surface area contributed by atoms with Crippen molar-refractivity contribution < 1.29 is 4.74 Å². The molecule has 0 bridgehead atoms. The van der Waals surface area contributed by atoms with Crippen LogP contribution in [0.15, 0.2) is 23.1 Å². The zero-order valence-electron chi connectivity index (χ0n) is 10.5. The van der Waals surface area contributed by atoms with Crippen LogP contribution in [-0.4, -0.2) is 12.4 Å². The third-order valence-corrected chi connectivity index (χ3v) is 3.54. The first kappa shape index (κ1) is 11.8. The van der Waals surface area contributed by atoms with Gasteiger partial charge in [0.15, 0.2) is 0 Å². The normalized spacial score (nSPS) is 16.2. The minimum atomic E-state index is 0.149. The lowest BCUT2D eigenvalue weighted by Crippen LogP contribution is -2.14. The van der Waals surface area contributed by atoms with Crippen LogP contribution >= 0.6 is 11.8 Å². The molecule has 1 aliphatic carbocycles. The Morgan fingerprint density at radius 2 is 1.94 bits per heavy atom. The van der Waals surface area contributed by atoms with E-state index < -0.39 is 0 Å². The Morgan fingerprint density at radius 1 is 1.25 bits per heavy atom. The van der Waals surface area contributed by atoms with Crippen LogP contribution in [-0.2, 0) is 5.41 Å². The summed E-state index contributed by atoms with van der Waals surface area (Å²) >= 11 is 1.79. The van der Waals surface area contributed by atoms with E-state index in [1.165, 1.54) is 23.3 Å². The molecule has 2 rings (SSSR count). The van der Waals surface area contributed by atoms with Gasteiger partial charge in [-0.3, -0.25) is 0 Å². The van der Waals surface area contributed by atoms with E-state index in [-0.39, 0.29) is 5.41 Å². The van der Waals surface area contributed by atoms with E-state index in [4.69, 9.17) is 4.74 Å². The van der Waals surface area contributed by atoms with Gasteiger partial charge in [0.05, 0.1) is 6.10 Å². The summed E-state index contributed by atoms with van der Waals surface area (Å²) in [4.78, 5) is 1.31. The monoisotopic (exact) mass is 236 g/mol. The van der Waals surface area contributed by atoms with Crippen molar-refractivity contribution in [3.63, 3.8) is 0 Å². The van der Waals surface area contributed by atoms with Gasteiger partial charge in [-0.2, -0.15) is 0 Å². The number of thioether (sulfide) groups is 1. The largest absolute Gasteiger partial charge is 0.490 e. The van der Waals surface area contributed by atoms with Gasteiger partial charge in [0.1, 0.15) is 5.75 Å². The first-order valence-electron chi connectivity index (χ1n) is 5.86. The van der Waals surface area contributed by atoms with Crippen LogP contribution in [0.3, 0.4) is 0 Å². The SMILES string of the molecule is CSc1ccc(OC2CC2)c(C(C)(C)C)c1. The van der Waals surface area contributed by atoms with Crippen molar-refractivity contribution >= 4 is 11.8 Å². The number of benzene rings is 1. The van der Waals surface area contributed by atoms with E-state index in [2.05, 4.69) is 45.2 Å². The van der Waals surface area contributed by atoms with Crippen molar-refractivity contribution in [1.82, 2.24) is 0 Å². The molecule has 0 amide bonds. The molecule has 0 aliphatic heterocycles. The average Bonchev–Trinajstić information content (AvgIpc) is 3.01. The predicted molar refractivity (Wildman–Crippen MR) is 70.6 cm³/mol. The first-order chi connectivity index (χ1) is 7.50. The van der Waals surface area contributed by atoms with Crippen LogP contribution in [0.25, 0.3) is 0 Å². The molecule has 1 saturated carbocycles. The van der Waals surface area contributed by atoms with Gasteiger partial charge in [0, 0.05) is 10.5 Å². The highest BCUT2D eigenvalue weighted by atomic mass is 32.2. The quantitative estimate of drug-likeness (QED) is 0.726. The van der Waals surface area contributed by atoms with Gasteiger partial charge in [0.2, 0.25) is 0 Å². The summed E-state index contributed by atoms with van der Waals surface area (Å²) in [6.07, 6.45) is 5.02. The molecule has 1 aliphatic rings. The lowest BCUT2D eigenvalue weighted by molar-refractivity contribution is 0.294. The van der Waals surface area contributed by atoms with Crippen molar-refractivity contribution in [2.24, 2.45) is 0 Å². The van der Waals surface area contributed by atoms with Gasteiger partial charge < -0.3 is 4.74 Å². The van der Waals surface area contributed by atoms with Crippen LogP contribution < -0.4 is 4.74 Å². The molecular formula is C14H20OS. The van der Waals surface area contributed by atoms with E-state index >= 15 is 0 Å². The summed E-state index contributed by atoms with van der Waals surface area (Å²) in [5.74, 6) is 1.08. The van der Waals surface area contributed by atoms with Crippen LogP contribution in [0, 0.1) is 0 Å². The van der Waals surface area contributed by atoms with Crippen LogP contribution in [0.4, 0.5) is 0 Å². The van der Waals surface area contributed by atoms with Crippen molar-refractivity contribution in [2.75, 3.05) is 6.26 Å². The van der Waals surface area contributed by atoms with Gasteiger partial charge in [-0.1, -0.05) is 20.8 Å². The minimum Gasteiger partial charge on any atom is -0.490 e. The number of hydrogen-bond acceptors (Lipinski definition) is 2. The van der Waals surface area contributed by atoms with Gasteiger partial charge >= 0.3 is 0 Å². The van der Waals surface area contributed by atoms with Crippen LogP contribution in [0.1, 0.15) is 39.2 Å². The lowest BCUT2D eigenvalue weighted by Gasteiger charge is -2.23. The Bertz CT molecular complexity index is 375. The minimum absolute atomic E-state index is 0.149. The van der Waals surface area contributed by atoms with Gasteiger partial charge in [0.25, 0.3) is 0 Å². The fraction of sp³-hybridized carbons (Fsp3) is 0.571. The molecule has 0 spiro atoms. The molecule has 0 unspecified atom stereocenters. The molecule has 0 aromatic heterocycles. The fourth-order valence-electron chi connectivity index (χ4n) is 1.69. The van der Waals surface area contributed by atoms with E-state index in [9.17, 15) is 0 Å².